The van der Waals surface area contributed by atoms with Crippen LogP contribution in [0, 0.1) is 35.5 Å². The second-order valence-corrected chi connectivity index (χ2v) is 6.36. The van der Waals surface area contributed by atoms with Crippen LogP contribution in [0.5, 0.6) is 0 Å². The summed E-state index contributed by atoms with van der Waals surface area (Å²) in [6, 6.07) is 0. The minimum Gasteiger partial charge on any atom is -0.481 e. The Balaban J connectivity index is 2.34. The van der Waals surface area contributed by atoms with E-state index in [2.05, 4.69) is 6.92 Å². The smallest absolute Gasteiger partial charge is 0.307 e. The SMILES string of the molecule is CCC1CCCC2C(C(=O)O)C(C)CC(C(=O)O)C12. The van der Waals surface area contributed by atoms with Gasteiger partial charge in [-0.3, -0.25) is 9.59 Å². The highest BCUT2D eigenvalue weighted by Crippen LogP contribution is 2.52. The first-order chi connectivity index (χ1) is 8.97. The van der Waals surface area contributed by atoms with Crippen molar-refractivity contribution in [3.63, 3.8) is 0 Å². The molecule has 19 heavy (non-hydrogen) atoms. The summed E-state index contributed by atoms with van der Waals surface area (Å²) >= 11 is 0. The van der Waals surface area contributed by atoms with E-state index in [9.17, 15) is 19.8 Å². The van der Waals surface area contributed by atoms with E-state index in [1.807, 2.05) is 6.92 Å². The Hall–Kier alpha value is -1.06. The van der Waals surface area contributed by atoms with Gasteiger partial charge < -0.3 is 10.2 Å². The molecule has 4 nitrogen and oxygen atoms in total. The quantitative estimate of drug-likeness (QED) is 0.825. The van der Waals surface area contributed by atoms with Crippen molar-refractivity contribution in [3.05, 3.63) is 0 Å². The first-order valence-electron chi connectivity index (χ1n) is 7.43. The molecule has 0 aliphatic heterocycles. The summed E-state index contributed by atoms with van der Waals surface area (Å²) in [5.41, 5.74) is 0. The van der Waals surface area contributed by atoms with E-state index in [0.29, 0.717) is 12.3 Å². The molecule has 2 aliphatic carbocycles. The minimum absolute atomic E-state index is 0.0320. The van der Waals surface area contributed by atoms with Gasteiger partial charge in [-0.25, -0.2) is 0 Å². The lowest BCUT2D eigenvalue weighted by atomic mass is 9.54. The third-order valence-corrected chi connectivity index (χ3v) is 5.44. The first kappa shape index (κ1) is 14.4. The number of rotatable bonds is 3. The highest BCUT2D eigenvalue weighted by molar-refractivity contribution is 5.74. The maximum atomic E-state index is 11.5. The van der Waals surface area contributed by atoms with Crippen molar-refractivity contribution >= 4 is 11.9 Å². The molecule has 0 amide bonds. The average molecular weight is 268 g/mol. The van der Waals surface area contributed by atoms with E-state index < -0.39 is 11.9 Å². The Morgan fingerprint density at radius 1 is 1.16 bits per heavy atom. The molecule has 0 aromatic heterocycles. The maximum Gasteiger partial charge on any atom is 0.307 e. The molecule has 108 valence electrons. The van der Waals surface area contributed by atoms with Crippen LogP contribution in [0.3, 0.4) is 0 Å². The summed E-state index contributed by atoms with van der Waals surface area (Å²) in [5, 5.41) is 19.0. The van der Waals surface area contributed by atoms with Gasteiger partial charge in [0, 0.05) is 0 Å². The summed E-state index contributed by atoms with van der Waals surface area (Å²) in [4.78, 5) is 23.1. The molecule has 2 N–H and O–H groups in total. The zero-order chi connectivity index (χ0) is 14.2. The standard InChI is InChI=1S/C15H24O4/c1-3-9-5-4-6-10-12(15(18)19)8(2)7-11(13(9)10)14(16)17/h8-13H,3-7H2,1-2H3,(H,16,17)(H,18,19). The predicted octanol–water partition coefficient (Wildman–Crippen LogP) is 2.87. The number of carboxylic acid groups (broad SMARTS) is 2. The van der Waals surface area contributed by atoms with E-state index in [-0.39, 0.29) is 29.6 Å². The Labute approximate surface area is 114 Å². The van der Waals surface area contributed by atoms with Crippen molar-refractivity contribution < 1.29 is 19.8 Å². The summed E-state index contributed by atoms with van der Waals surface area (Å²) in [5.74, 6) is -1.69. The van der Waals surface area contributed by atoms with Crippen LogP contribution in [0.25, 0.3) is 0 Å². The number of hydrogen-bond acceptors (Lipinski definition) is 2. The van der Waals surface area contributed by atoms with Gasteiger partial charge in [0.05, 0.1) is 11.8 Å². The van der Waals surface area contributed by atoms with E-state index >= 15 is 0 Å². The van der Waals surface area contributed by atoms with Gasteiger partial charge in [-0.1, -0.05) is 33.1 Å². The Morgan fingerprint density at radius 2 is 1.84 bits per heavy atom. The second kappa shape index (κ2) is 5.51. The minimum atomic E-state index is -0.733. The molecule has 0 radical (unpaired) electrons. The molecule has 0 bridgehead atoms. The second-order valence-electron chi connectivity index (χ2n) is 6.36. The summed E-state index contributed by atoms with van der Waals surface area (Å²) < 4.78 is 0. The van der Waals surface area contributed by atoms with E-state index in [0.717, 1.165) is 25.7 Å². The molecule has 6 atom stereocenters. The van der Waals surface area contributed by atoms with Crippen molar-refractivity contribution in [2.75, 3.05) is 0 Å². The van der Waals surface area contributed by atoms with Gasteiger partial charge in [-0.15, -0.1) is 0 Å². The van der Waals surface area contributed by atoms with E-state index in [1.54, 1.807) is 0 Å². The fourth-order valence-corrected chi connectivity index (χ4v) is 4.69. The highest BCUT2D eigenvalue weighted by atomic mass is 16.4. The van der Waals surface area contributed by atoms with E-state index in [4.69, 9.17) is 0 Å². The molecule has 4 heteroatoms. The third kappa shape index (κ3) is 2.49. The van der Waals surface area contributed by atoms with Crippen molar-refractivity contribution in [1.29, 1.82) is 0 Å². The molecule has 0 saturated heterocycles. The molecule has 0 aromatic rings. The molecule has 6 unspecified atom stereocenters. The molecule has 2 saturated carbocycles. The predicted molar refractivity (Wildman–Crippen MR) is 70.6 cm³/mol. The van der Waals surface area contributed by atoms with Crippen molar-refractivity contribution in [2.45, 2.75) is 46.0 Å². The van der Waals surface area contributed by atoms with Crippen LogP contribution in [0.1, 0.15) is 46.0 Å². The van der Waals surface area contributed by atoms with Crippen LogP contribution >= 0.6 is 0 Å². The fourth-order valence-electron chi connectivity index (χ4n) is 4.69. The van der Waals surface area contributed by atoms with Crippen LogP contribution in [-0.4, -0.2) is 22.2 Å². The fraction of sp³-hybridized carbons (Fsp3) is 0.867. The van der Waals surface area contributed by atoms with Gasteiger partial charge in [0.1, 0.15) is 0 Å². The van der Waals surface area contributed by atoms with Gasteiger partial charge in [-0.05, 0) is 36.5 Å². The number of hydrogen-bond donors (Lipinski definition) is 2. The van der Waals surface area contributed by atoms with Gasteiger partial charge in [-0.2, -0.15) is 0 Å². The lowest BCUT2D eigenvalue weighted by Gasteiger charge is -2.49. The molecular weight excluding hydrogens is 244 g/mol. The Kier molecular flexibility index (Phi) is 4.16. The lowest BCUT2D eigenvalue weighted by Crippen LogP contribution is -2.49. The molecule has 2 aliphatic rings. The van der Waals surface area contributed by atoms with Gasteiger partial charge in [0.15, 0.2) is 0 Å². The van der Waals surface area contributed by atoms with Gasteiger partial charge in [0.25, 0.3) is 0 Å². The van der Waals surface area contributed by atoms with Crippen molar-refractivity contribution in [3.8, 4) is 0 Å². The number of aliphatic carboxylic acids is 2. The highest BCUT2D eigenvalue weighted by Gasteiger charge is 2.51. The Bertz CT molecular complexity index is 365. The third-order valence-electron chi connectivity index (χ3n) is 5.44. The van der Waals surface area contributed by atoms with Crippen LogP contribution in [0.4, 0.5) is 0 Å². The zero-order valence-corrected chi connectivity index (χ0v) is 11.7. The summed E-state index contributed by atoms with van der Waals surface area (Å²) in [6.45, 7) is 4.00. The summed E-state index contributed by atoms with van der Waals surface area (Å²) in [7, 11) is 0. The summed E-state index contributed by atoms with van der Waals surface area (Å²) in [6.07, 6.45) is 4.46. The normalized spacial score (nSPS) is 42.4. The number of carboxylic acids is 2. The van der Waals surface area contributed by atoms with Crippen molar-refractivity contribution in [1.82, 2.24) is 0 Å². The number of carbonyl (C=O) groups is 2. The van der Waals surface area contributed by atoms with Gasteiger partial charge in [0.2, 0.25) is 0 Å². The van der Waals surface area contributed by atoms with Crippen LogP contribution < -0.4 is 0 Å². The average Bonchev–Trinajstić information content (AvgIpc) is 2.35. The van der Waals surface area contributed by atoms with Crippen molar-refractivity contribution in [2.24, 2.45) is 35.5 Å². The monoisotopic (exact) mass is 268 g/mol. The molecule has 0 aromatic carbocycles. The van der Waals surface area contributed by atoms with Gasteiger partial charge >= 0.3 is 11.9 Å². The van der Waals surface area contributed by atoms with Crippen LogP contribution in [0.15, 0.2) is 0 Å². The molecule has 0 spiro atoms. The topological polar surface area (TPSA) is 74.6 Å². The van der Waals surface area contributed by atoms with Crippen LogP contribution in [0.2, 0.25) is 0 Å². The lowest BCUT2D eigenvalue weighted by molar-refractivity contribution is -0.163. The molecule has 0 heterocycles. The molecular formula is C15H24O4. The van der Waals surface area contributed by atoms with Crippen LogP contribution in [-0.2, 0) is 9.59 Å². The first-order valence-corrected chi connectivity index (χ1v) is 7.43. The largest absolute Gasteiger partial charge is 0.481 e. The maximum absolute atomic E-state index is 11.5. The Morgan fingerprint density at radius 3 is 2.37 bits per heavy atom. The zero-order valence-electron chi connectivity index (χ0n) is 11.7. The number of fused-ring (bicyclic) bond motifs is 1. The van der Waals surface area contributed by atoms with E-state index in [1.165, 1.54) is 0 Å². The molecule has 2 fully saturated rings. The molecule has 2 rings (SSSR count).